The van der Waals surface area contributed by atoms with E-state index in [9.17, 15) is 9.59 Å². The molecule has 118 valence electrons. The number of amides is 2. The number of nitrogens with zero attached hydrogens (tertiary/aromatic N) is 2. The molecule has 0 radical (unpaired) electrons. The number of ether oxygens (including phenoxy) is 1. The molecule has 3 unspecified atom stereocenters. The van der Waals surface area contributed by atoms with Crippen molar-refractivity contribution < 1.29 is 14.3 Å². The third kappa shape index (κ3) is 3.07. The molecule has 3 aliphatic rings. The van der Waals surface area contributed by atoms with Gasteiger partial charge in [0.15, 0.2) is 0 Å². The summed E-state index contributed by atoms with van der Waals surface area (Å²) < 4.78 is 5.28. The van der Waals surface area contributed by atoms with Crippen LogP contribution < -0.4 is 0 Å². The van der Waals surface area contributed by atoms with Crippen molar-refractivity contribution in [3.8, 4) is 0 Å². The zero-order chi connectivity index (χ0) is 14.8. The van der Waals surface area contributed by atoms with Gasteiger partial charge in [0.1, 0.15) is 0 Å². The molecule has 0 aromatic rings. The molecular weight excluding hydrogens is 268 g/mol. The van der Waals surface area contributed by atoms with Gasteiger partial charge < -0.3 is 14.5 Å². The van der Waals surface area contributed by atoms with E-state index in [1.807, 2.05) is 4.90 Å². The van der Waals surface area contributed by atoms with Gasteiger partial charge in [-0.3, -0.25) is 9.59 Å². The highest BCUT2D eigenvalue weighted by Gasteiger charge is 2.51. The van der Waals surface area contributed by atoms with Crippen molar-refractivity contribution in [3.05, 3.63) is 0 Å². The molecule has 3 rings (SSSR count). The van der Waals surface area contributed by atoms with Crippen LogP contribution in [0, 0.1) is 11.8 Å². The van der Waals surface area contributed by atoms with Crippen molar-refractivity contribution in [1.82, 2.24) is 9.80 Å². The first-order chi connectivity index (χ1) is 10.2. The summed E-state index contributed by atoms with van der Waals surface area (Å²) in [5.41, 5.74) is 0. The van der Waals surface area contributed by atoms with E-state index in [4.69, 9.17) is 4.74 Å². The summed E-state index contributed by atoms with van der Waals surface area (Å²) in [6.45, 7) is 5.64. The maximum Gasteiger partial charge on any atom is 0.226 e. The highest BCUT2D eigenvalue weighted by Crippen LogP contribution is 2.42. The minimum atomic E-state index is -0.0602. The monoisotopic (exact) mass is 294 g/mol. The molecule has 2 saturated heterocycles. The van der Waals surface area contributed by atoms with E-state index >= 15 is 0 Å². The summed E-state index contributed by atoms with van der Waals surface area (Å²) in [6.07, 6.45) is 5.24. The predicted molar refractivity (Wildman–Crippen MR) is 78.6 cm³/mol. The van der Waals surface area contributed by atoms with E-state index in [0.717, 1.165) is 32.2 Å². The fourth-order valence-corrected chi connectivity index (χ4v) is 3.69. The summed E-state index contributed by atoms with van der Waals surface area (Å²) >= 11 is 0. The highest BCUT2D eigenvalue weighted by molar-refractivity contribution is 5.92. The molecule has 5 heteroatoms. The number of piperidine rings is 1. The third-order valence-corrected chi connectivity index (χ3v) is 5.13. The molecule has 5 nitrogen and oxygen atoms in total. The molecule has 0 spiro atoms. The lowest BCUT2D eigenvalue weighted by atomic mass is 9.99. The molecule has 21 heavy (non-hydrogen) atoms. The molecule has 0 aromatic carbocycles. The largest absolute Gasteiger partial charge is 0.378 e. The van der Waals surface area contributed by atoms with Crippen molar-refractivity contribution >= 4 is 11.8 Å². The van der Waals surface area contributed by atoms with Gasteiger partial charge in [0, 0.05) is 25.7 Å². The second-order valence-electron chi connectivity index (χ2n) is 6.48. The maximum atomic E-state index is 12.7. The van der Waals surface area contributed by atoms with Crippen LogP contribution in [0.3, 0.4) is 0 Å². The molecule has 0 aromatic heterocycles. The van der Waals surface area contributed by atoms with Crippen LogP contribution in [0.15, 0.2) is 0 Å². The lowest BCUT2D eigenvalue weighted by Gasteiger charge is -2.35. The van der Waals surface area contributed by atoms with Crippen molar-refractivity contribution in [3.63, 3.8) is 0 Å². The Hall–Kier alpha value is -1.10. The smallest absolute Gasteiger partial charge is 0.226 e. The van der Waals surface area contributed by atoms with E-state index in [-0.39, 0.29) is 23.7 Å². The average molecular weight is 294 g/mol. The summed E-state index contributed by atoms with van der Waals surface area (Å²) in [7, 11) is 0. The van der Waals surface area contributed by atoms with Gasteiger partial charge in [-0.25, -0.2) is 0 Å². The predicted octanol–water partition coefficient (Wildman–Crippen LogP) is 1.27. The zero-order valence-corrected chi connectivity index (χ0v) is 12.9. The number of likely N-dealkylation sites (tertiary alicyclic amines) is 1. The molecule has 3 fully saturated rings. The maximum absolute atomic E-state index is 12.7. The van der Waals surface area contributed by atoms with Crippen LogP contribution >= 0.6 is 0 Å². The van der Waals surface area contributed by atoms with E-state index < -0.39 is 0 Å². The van der Waals surface area contributed by atoms with Gasteiger partial charge in [-0.05, 0) is 32.1 Å². The van der Waals surface area contributed by atoms with Crippen molar-refractivity contribution in [2.75, 3.05) is 32.8 Å². The molecule has 1 saturated carbocycles. The fourth-order valence-electron chi connectivity index (χ4n) is 3.69. The number of hydrogen-bond donors (Lipinski definition) is 0. The minimum Gasteiger partial charge on any atom is -0.378 e. The van der Waals surface area contributed by atoms with Gasteiger partial charge in [-0.1, -0.05) is 6.92 Å². The van der Waals surface area contributed by atoms with E-state index in [1.165, 1.54) is 6.42 Å². The molecule has 0 bridgehead atoms. The average Bonchev–Trinajstić information content (AvgIpc) is 3.35. The fraction of sp³-hybridized carbons (Fsp3) is 0.875. The van der Waals surface area contributed by atoms with Gasteiger partial charge >= 0.3 is 0 Å². The van der Waals surface area contributed by atoms with Crippen LogP contribution in [-0.4, -0.2) is 60.5 Å². The second kappa shape index (κ2) is 6.34. The normalized spacial score (nSPS) is 32.9. The van der Waals surface area contributed by atoms with Crippen LogP contribution in [0.4, 0.5) is 0 Å². The zero-order valence-electron chi connectivity index (χ0n) is 12.9. The Morgan fingerprint density at radius 3 is 2.48 bits per heavy atom. The molecule has 0 N–H and O–H groups in total. The Morgan fingerprint density at radius 1 is 1.05 bits per heavy atom. The van der Waals surface area contributed by atoms with Crippen molar-refractivity contribution in [2.24, 2.45) is 11.8 Å². The number of hydrogen-bond acceptors (Lipinski definition) is 3. The van der Waals surface area contributed by atoms with E-state index in [1.54, 1.807) is 0 Å². The second-order valence-corrected chi connectivity index (χ2v) is 6.48. The van der Waals surface area contributed by atoms with E-state index in [2.05, 4.69) is 11.8 Å². The molecule has 2 aliphatic heterocycles. The Balaban J connectivity index is 1.56. The van der Waals surface area contributed by atoms with Crippen molar-refractivity contribution in [1.29, 1.82) is 0 Å². The first-order valence-corrected chi connectivity index (χ1v) is 8.39. The van der Waals surface area contributed by atoms with Gasteiger partial charge in [-0.2, -0.15) is 0 Å². The molecule has 1 aliphatic carbocycles. The summed E-state index contributed by atoms with van der Waals surface area (Å²) in [6, 6.07) is 0.394. The van der Waals surface area contributed by atoms with Crippen LogP contribution in [0.25, 0.3) is 0 Å². The highest BCUT2D eigenvalue weighted by atomic mass is 16.5. The van der Waals surface area contributed by atoms with Crippen molar-refractivity contribution in [2.45, 2.75) is 45.1 Å². The van der Waals surface area contributed by atoms with Gasteiger partial charge in [0.05, 0.1) is 25.0 Å². The summed E-state index contributed by atoms with van der Waals surface area (Å²) in [5.74, 6) is 0.289. The third-order valence-electron chi connectivity index (χ3n) is 5.13. The van der Waals surface area contributed by atoms with Gasteiger partial charge in [-0.15, -0.1) is 0 Å². The number of morpholine rings is 1. The Labute approximate surface area is 126 Å². The van der Waals surface area contributed by atoms with Crippen LogP contribution in [-0.2, 0) is 14.3 Å². The van der Waals surface area contributed by atoms with Crippen LogP contribution in [0.2, 0.25) is 0 Å². The lowest BCUT2D eigenvalue weighted by molar-refractivity contribution is -0.142. The number of carbonyl (C=O) groups excluding carboxylic acids is 2. The summed E-state index contributed by atoms with van der Waals surface area (Å²) in [5, 5.41) is 0. The quantitative estimate of drug-likeness (QED) is 0.787. The molecular formula is C16H26N2O3. The topological polar surface area (TPSA) is 49.9 Å². The number of carbonyl (C=O) groups is 2. The van der Waals surface area contributed by atoms with Gasteiger partial charge in [0.25, 0.3) is 0 Å². The Bertz CT molecular complexity index is 406. The summed E-state index contributed by atoms with van der Waals surface area (Å²) in [4.78, 5) is 29.0. The molecule has 2 heterocycles. The molecule has 3 atom stereocenters. The molecule has 2 amide bonds. The van der Waals surface area contributed by atoms with Gasteiger partial charge in [0.2, 0.25) is 11.8 Å². The van der Waals surface area contributed by atoms with E-state index in [0.29, 0.717) is 32.3 Å². The van der Waals surface area contributed by atoms with Crippen LogP contribution in [0.5, 0.6) is 0 Å². The Morgan fingerprint density at radius 2 is 1.76 bits per heavy atom. The number of rotatable bonds is 3. The standard InChI is InChI=1S/C16H26N2O3/c1-2-12-5-3-4-6-18(12)16(20)14-11-13(14)15(19)17-7-9-21-10-8-17/h12-14H,2-11H2,1H3. The first-order valence-electron chi connectivity index (χ1n) is 8.39. The Kier molecular flexibility index (Phi) is 4.48. The minimum absolute atomic E-state index is 0.0486. The SMILES string of the molecule is CCC1CCCCN1C(=O)C1CC1C(=O)N1CCOCC1. The van der Waals surface area contributed by atoms with Crippen LogP contribution in [0.1, 0.15) is 39.0 Å². The lowest BCUT2D eigenvalue weighted by Crippen LogP contribution is -2.45. The first kappa shape index (κ1) is 14.8.